The molecule has 0 radical (unpaired) electrons. The van der Waals surface area contributed by atoms with Gasteiger partial charge in [0.25, 0.3) is 11.8 Å². The highest BCUT2D eigenvalue weighted by molar-refractivity contribution is 6.05. The van der Waals surface area contributed by atoms with Gasteiger partial charge in [0, 0.05) is 29.4 Å². The highest BCUT2D eigenvalue weighted by Crippen LogP contribution is 2.15. The predicted molar refractivity (Wildman–Crippen MR) is 103 cm³/mol. The highest BCUT2D eigenvalue weighted by Gasteiger charge is 2.11. The highest BCUT2D eigenvalue weighted by atomic mass is 19.2. The average Bonchev–Trinajstić information content (AvgIpc) is 2.70. The van der Waals surface area contributed by atoms with Gasteiger partial charge in [-0.25, -0.2) is 8.78 Å². The van der Waals surface area contributed by atoms with Crippen LogP contribution >= 0.6 is 0 Å². The van der Waals surface area contributed by atoms with Gasteiger partial charge in [-0.3, -0.25) is 9.59 Å². The van der Waals surface area contributed by atoms with E-state index in [0.29, 0.717) is 17.7 Å². The molecule has 0 heterocycles. The molecular formula is C22H18F2N2O2. The zero-order chi connectivity index (χ0) is 20.1. The lowest BCUT2D eigenvalue weighted by Gasteiger charge is -2.09. The van der Waals surface area contributed by atoms with Crippen molar-refractivity contribution in [1.82, 2.24) is 5.32 Å². The van der Waals surface area contributed by atoms with Gasteiger partial charge in [0.15, 0.2) is 11.6 Å². The quantitative estimate of drug-likeness (QED) is 0.687. The van der Waals surface area contributed by atoms with E-state index in [1.165, 1.54) is 30.3 Å². The first kappa shape index (κ1) is 19.2. The van der Waals surface area contributed by atoms with Gasteiger partial charge in [0.1, 0.15) is 0 Å². The first-order valence-electron chi connectivity index (χ1n) is 8.63. The van der Waals surface area contributed by atoms with Crippen molar-refractivity contribution in [2.24, 2.45) is 0 Å². The summed E-state index contributed by atoms with van der Waals surface area (Å²) in [7, 11) is 0. The number of aryl methyl sites for hydroxylation is 1. The van der Waals surface area contributed by atoms with Crippen LogP contribution in [-0.4, -0.2) is 11.8 Å². The van der Waals surface area contributed by atoms with Crippen LogP contribution < -0.4 is 10.6 Å². The standard InChI is InChI=1S/C22H18F2N2O2/c1-14-4-2-3-5-17(14)13-25-21(27)15-6-8-16(9-7-15)22(28)26-18-10-11-19(23)20(24)12-18/h2-12H,13H2,1H3,(H,25,27)(H,26,28). The second kappa shape index (κ2) is 8.43. The maximum absolute atomic E-state index is 13.2. The Morgan fingerprint density at radius 3 is 2.11 bits per heavy atom. The van der Waals surface area contributed by atoms with Gasteiger partial charge in [-0.2, -0.15) is 0 Å². The van der Waals surface area contributed by atoms with Crippen molar-refractivity contribution in [2.45, 2.75) is 13.5 Å². The fraction of sp³-hybridized carbons (Fsp3) is 0.0909. The Morgan fingerprint density at radius 2 is 1.46 bits per heavy atom. The summed E-state index contributed by atoms with van der Waals surface area (Å²) in [4.78, 5) is 24.5. The molecule has 2 amide bonds. The van der Waals surface area contributed by atoms with Crippen LogP contribution in [0.4, 0.5) is 14.5 Å². The molecule has 4 nitrogen and oxygen atoms in total. The molecule has 0 unspecified atom stereocenters. The summed E-state index contributed by atoms with van der Waals surface area (Å²) in [6.45, 7) is 2.38. The van der Waals surface area contributed by atoms with E-state index < -0.39 is 17.5 Å². The Kier molecular flexibility index (Phi) is 5.79. The van der Waals surface area contributed by atoms with Crippen molar-refractivity contribution < 1.29 is 18.4 Å². The molecule has 0 aliphatic carbocycles. The van der Waals surface area contributed by atoms with E-state index in [-0.39, 0.29) is 11.6 Å². The van der Waals surface area contributed by atoms with E-state index in [0.717, 1.165) is 23.3 Å². The second-order valence-corrected chi connectivity index (χ2v) is 6.27. The van der Waals surface area contributed by atoms with Gasteiger partial charge in [0.2, 0.25) is 0 Å². The smallest absolute Gasteiger partial charge is 0.255 e. The largest absolute Gasteiger partial charge is 0.348 e. The minimum atomic E-state index is -1.04. The zero-order valence-corrected chi connectivity index (χ0v) is 15.1. The lowest BCUT2D eigenvalue weighted by molar-refractivity contribution is 0.0949. The fourth-order valence-corrected chi connectivity index (χ4v) is 2.64. The number of hydrogen-bond acceptors (Lipinski definition) is 2. The van der Waals surface area contributed by atoms with Gasteiger partial charge >= 0.3 is 0 Å². The van der Waals surface area contributed by atoms with E-state index >= 15 is 0 Å². The molecule has 0 atom stereocenters. The normalized spacial score (nSPS) is 10.4. The van der Waals surface area contributed by atoms with Crippen LogP contribution in [0.5, 0.6) is 0 Å². The number of halogens is 2. The number of rotatable bonds is 5. The summed E-state index contributed by atoms with van der Waals surface area (Å²) >= 11 is 0. The molecular weight excluding hydrogens is 362 g/mol. The van der Waals surface area contributed by atoms with Crippen LogP contribution in [-0.2, 0) is 6.54 Å². The molecule has 28 heavy (non-hydrogen) atoms. The molecule has 0 aliphatic rings. The van der Waals surface area contributed by atoms with E-state index in [1.54, 1.807) is 0 Å². The van der Waals surface area contributed by atoms with Gasteiger partial charge in [-0.05, 0) is 54.4 Å². The van der Waals surface area contributed by atoms with Crippen molar-refractivity contribution in [3.8, 4) is 0 Å². The number of hydrogen-bond donors (Lipinski definition) is 2. The summed E-state index contributed by atoms with van der Waals surface area (Å²) < 4.78 is 26.2. The zero-order valence-electron chi connectivity index (χ0n) is 15.1. The van der Waals surface area contributed by atoms with Crippen LogP contribution in [0.2, 0.25) is 0 Å². The monoisotopic (exact) mass is 380 g/mol. The number of carbonyl (C=O) groups is 2. The van der Waals surface area contributed by atoms with Crippen LogP contribution in [0.1, 0.15) is 31.8 Å². The van der Waals surface area contributed by atoms with E-state index in [2.05, 4.69) is 10.6 Å². The third-order valence-corrected chi connectivity index (χ3v) is 4.29. The average molecular weight is 380 g/mol. The molecule has 0 aliphatic heterocycles. The predicted octanol–water partition coefficient (Wildman–Crippen LogP) is 4.46. The maximum Gasteiger partial charge on any atom is 0.255 e. The topological polar surface area (TPSA) is 58.2 Å². The number of carbonyl (C=O) groups excluding carboxylic acids is 2. The summed E-state index contributed by atoms with van der Waals surface area (Å²) in [5.74, 6) is -2.77. The van der Waals surface area contributed by atoms with Crippen molar-refractivity contribution in [2.75, 3.05) is 5.32 Å². The van der Waals surface area contributed by atoms with E-state index in [1.807, 2.05) is 31.2 Å². The maximum atomic E-state index is 13.2. The van der Waals surface area contributed by atoms with Crippen molar-refractivity contribution in [3.63, 3.8) is 0 Å². The Morgan fingerprint density at radius 1 is 0.821 bits per heavy atom. The van der Waals surface area contributed by atoms with E-state index in [9.17, 15) is 18.4 Å². The molecule has 0 saturated carbocycles. The lowest BCUT2D eigenvalue weighted by Crippen LogP contribution is -2.23. The van der Waals surface area contributed by atoms with Crippen LogP contribution in [0, 0.1) is 18.6 Å². The first-order valence-corrected chi connectivity index (χ1v) is 8.63. The molecule has 3 aromatic rings. The summed E-state index contributed by atoms with van der Waals surface area (Å²) in [5, 5.41) is 5.32. The van der Waals surface area contributed by atoms with Gasteiger partial charge in [0.05, 0.1) is 0 Å². The van der Waals surface area contributed by atoms with Gasteiger partial charge in [-0.1, -0.05) is 24.3 Å². The molecule has 0 fully saturated rings. The van der Waals surface area contributed by atoms with E-state index in [4.69, 9.17) is 0 Å². The van der Waals surface area contributed by atoms with Gasteiger partial charge in [-0.15, -0.1) is 0 Å². The molecule has 0 saturated heterocycles. The van der Waals surface area contributed by atoms with Crippen molar-refractivity contribution in [3.05, 3.63) is 101 Å². The summed E-state index contributed by atoms with van der Waals surface area (Å²) in [6.07, 6.45) is 0. The minimum absolute atomic E-state index is 0.143. The molecule has 3 aromatic carbocycles. The molecule has 0 bridgehead atoms. The molecule has 3 rings (SSSR count). The van der Waals surface area contributed by atoms with Crippen LogP contribution in [0.15, 0.2) is 66.7 Å². The Hall–Kier alpha value is -3.54. The third kappa shape index (κ3) is 4.59. The van der Waals surface area contributed by atoms with Crippen molar-refractivity contribution in [1.29, 1.82) is 0 Å². The first-order chi connectivity index (χ1) is 13.4. The van der Waals surface area contributed by atoms with Crippen LogP contribution in [0.25, 0.3) is 0 Å². The molecule has 0 aromatic heterocycles. The Bertz CT molecular complexity index is 1020. The third-order valence-electron chi connectivity index (χ3n) is 4.29. The molecule has 6 heteroatoms. The van der Waals surface area contributed by atoms with Gasteiger partial charge < -0.3 is 10.6 Å². The molecule has 0 spiro atoms. The fourth-order valence-electron chi connectivity index (χ4n) is 2.64. The van der Waals surface area contributed by atoms with Crippen LogP contribution in [0.3, 0.4) is 0 Å². The summed E-state index contributed by atoms with van der Waals surface area (Å²) in [5.41, 5.74) is 2.97. The van der Waals surface area contributed by atoms with Crippen molar-refractivity contribution >= 4 is 17.5 Å². The Labute approximate surface area is 161 Å². The number of nitrogens with one attached hydrogen (secondary N) is 2. The molecule has 2 N–H and O–H groups in total. The SMILES string of the molecule is Cc1ccccc1CNC(=O)c1ccc(C(=O)Nc2ccc(F)c(F)c2)cc1. The summed E-state index contributed by atoms with van der Waals surface area (Å²) in [6, 6.07) is 16.9. The lowest BCUT2D eigenvalue weighted by atomic mass is 10.1. The number of benzene rings is 3. The molecule has 142 valence electrons. The number of amides is 2. The second-order valence-electron chi connectivity index (χ2n) is 6.27. The Balaban J connectivity index is 1.62. The minimum Gasteiger partial charge on any atom is -0.348 e. The number of anilines is 1.